The first-order chi connectivity index (χ1) is 16.3. The number of fused-ring (bicyclic) bond motifs is 2. The molecule has 3 heterocycles. The van der Waals surface area contributed by atoms with Crippen molar-refractivity contribution in [3.05, 3.63) is 65.5 Å². The van der Waals surface area contributed by atoms with E-state index in [0.717, 1.165) is 16.8 Å². The highest BCUT2D eigenvalue weighted by Gasteiger charge is 2.30. The summed E-state index contributed by atoms with van der Waals surface area (Å²) in [4.78, 5) is 26.2. The number of ether oxygens (including phenoxy) is 1. The van der Waals surface area contributed by atoms with Crippen LogP contribution in [0.2, 0.25) is 0 Å². The minimum absolute atomic E-state index is 0.0580. The average Bonchev–Trinajstić information content (AvgIpc) is 2.93. The Morgan fingerprint density at radius 1 is 1.06 bits per heavy atom. The van der Waals surface area contributed by atoms with Gasteiger partial charge in [-0.1, -0.05) is 6.92 Å². The number of sulfone groups is 1. The van der Waals surface area contributed by atoms with Gasteiger partial charge in [0.05, 0.1) is 28.5 Å². The zero-order chi connectivity index (χ0) is 24.5. The van der Waals surface area contributed by atoms with E-state index in [0.29, 0.717) is 47.4 Å². The summed E-state index contributed by atoms with van der Waals surface area (Å²) in [5.74, 6) is 1.84. The van der Waals surface area contributed by atoms with Gasteiger partial charge in [-0.3, -0.25) is 4.79 Å². The third kappa shape index (κ3) is 4.35. The quantitative estimate of drug-likeness (QED) is 0.506. The van der Waals surface area contributed by atoms with Crippen molar-refractivity contribution in [2.75, 3.05) is 35.8 Å². The van der Waals surface area contributed by atoms with Gasteiger partial charge in [0.15, 0.2) is 15.7 Å². The molecule has 8 nitrogen and oxygen atoms in total. The summed E-state index contributed by atoms with van der Waals surface area (Å²) in [5, 5.41) is 0. The van der Waals surface area contributed by atoms with Crippen LogP contribution in [0.1, 0.15) is 35.3 Å². The molecule has 34 heavy (non-hydrogen) atoms. The van der Waals surface area contributed by atoms with Crippen LogP contribution in [0.3, 0.4) is 0 Å². The predicted molar refractivity (Wildman–Crippen MR) is 132 cm³/mol. The molecule has 1 aliphatic heterocycles. The van der Waals surface area contributed by atoms with Crippen molar-refractivity contribution in [1.82, 2.24) is 9.97 Å². The lowest BCUT2D eigenvalue weighted by atomic mass is 10.1. The highest BCUT2D eigenvalue weighted by molar-refractivity contribution is 7.91. The van der Waals surface area contributed by atoms with Crippen LogP contribution >= 0.6 is 0 Å². The third-order valence-electron chi connectivity index (χ3n) is 5.95. The Balaban J connectivity index is 1.54. The van der Waals surface area contributed by atoms with E-state index in [4.69, 9.17) is 4.74 Å². The Bertz CT molecular complexity index is 1340. The van der Waals surface area contributed by atoms with E-state index in [1.54, 1.807) is 49.5 Å². The second-order valence-electron chi connectivity index (χ2n) is 8.10. The van der Waals surface area contributed by atoms with Crippen molar-refractivity contribution >= 4 is 33.1 Å². The summed E-state index contributed by atoms with van der Waals surface area (Å²) in [7, 11) is -1.51. The molecule has 1 aromatic carbocycles. The van der Waals surface area contributed by atoms with Crippen molar-refractivity contribution in [3.63, 3.8) is 0 Å². The first-order valence-electron chi connectivity index (χ1n) is 11.2. The summed E-state index contributed by atoms with van der Waals surface area (Å²) in [6, 6.07) is 10.5. The lowest BCUT2D eigenvalue weighted by molar-refractivity contribution is 0.0994. The van der Waals surface area contributed by atoms with Crippen LogP contribution < -0.4 is 14.5 Å². The van der Waals surface area contributed by atoms with Gasteiger partial charge in [0.2, 0.25) is 0 Å². The van der Waals surface area contributed by atoms with E-state index in [1.807, 2.05) is 36.9 Å². The van der Waals surface area contributed by atoms with E-state index in [-0.39, 0.29) is 11.7 Å². The lowest BCUT2D eigenvalue weighted by Crippen LogP contribution is -2.25. The smallest absolute Gasteiger partial charge is 0.261 e. The number of pyridine rings is 2. The Labute approximate surface area is 200 Å². The van der Waals surface area contributed by atoms with Gasteiger partial charge in [0.1, 0.15) is 11.6 Å². The zero-order valence-electron chi connectivity index (χ0n) is 19.8. The highest BCUT2D eigenvalue weighted by atomic mass is 32.2. The van der Waals surface area contributed by atoms with Gasteiger partial charge >= 0.3 is 0 Å². The van der Waals surface area contributed by atoms with Gasteiger partial charge in [-0.25, -0.2) is 18.4 Å². The molecule has 0 N–H and O–H groups in total. The Morgan fingerprint density at radius 3 is 2.56 bits per heavy atom. The molecule has 2 aromatic heterocycles. The van der Waals surface area contributed by atoms with E-state index in [2.05, 4.69) is 9.97 Å². The number of nitrogens with zero attached hydrogens (tertiary/aromatic N) is 4. The van der Waals surface area contributed by atoms with Crippen LogP contribution in [-0.2, 0) is 16.3 Å². The summed E-state index contributed by atoms with van der Waals surface area (Å²) >= 11 is 0. The number of carbonyl (C=O) groups excluding carboxylic acids is 1. The molecule has 1 aliphatic rings. The largest absolute Gasteiger partial charge is 0.493 e. The lowest BCUT2D eigenvalue weighted by Gasteiger charge is -2.22. The number of carbonyl (C=O) groups is 1. The first kappa shape index (κ1) is 23.7. The second-order valence-corrected chi connectivity index (χ2v) is 10.4. The number of anilines is 3. The van der Waals surface area contributed by atoms with Crippen LogP contribution in [0, 0.1) is 6.92 Å². The topological polar surface area (TPSA) is 92.7 Å². The molecule has 0 bridgehead atoms. The minimum Gasteiger partial charge on any atom is -0.493 e. The molecule has 1 amide bonds. The average molecular weight is 481 g/mol. The molecule has 0 saturated carbocycles. The highest BCUT2D eigenvalue weighted by Crippen LogP contribution is 2.37. The van der Waals surface area contributed by atoms with Crippen molar-refractivity contribution < 1.29 is 17.9 Å². The van der Waals surface area contributed by atoms with Crippen LogP contribution in [0.25, 0.3) is 0 Å². The van der Waals surface area contributed by atoms with E-state index in [9.17, 15) is 13.2 Å². The molecule has 0 saturated heterocycles. The maximum Gasteiger partial charge on any atom is 0.261 e. The Hall–Kier alpha value is -3.46. The fourth-order valence-electron chi connectivity index (χ4n) is 3.98. The van der Waals surface area contributed by atoms with E-state index < -0.39 is 9.84 Å². The molecule has 0 unspecified atom stereocenters. The Morgan fingerprint density at radius 2 is 1.85 bits per heavy atom. The van der Waals surface area contributed by atoms with E-state index >= 15 is 0 Å². The van der Waals surface area contributed by atoms with Gasteiger partial charge in [0, 0.05) is 32.4 Å². The van der Waals surface area contributed by atoms with Crippen molar-refractivity contribution in [3.8, 4) is 5.75 Å². The molecule has 0 spiro atoms. The van der Waals surface area contributed by atoms with Crippen molar-refractivity contribution in [2.45, 2.75) is 32.1 Å². The third-order valence-corrected chi connectivity index (χ3v) is 7.68. The number of hydrogen-bond acceptors (Lipinski definition) is 7. The monoisotopic (exact) mass is 480 g/mol. The molecule has 0 aliphatic carbocycles. The fraction of sp³-hybridized carbons (Fsp3) is 0.320. The number of aromatic nitrogens is 2. The van der Waals surface area contributed by atoms with Gasteiger partial charge in [-0.05, 0) is 61.4 Å². The summed E-state index contributed by atoms with van der Waals surface area (Å²) in [6.45, 7) is 6.44. The molecule has 178 valence electrons. The number of benzene rings is 1. The fourth-order valence-corrected chi connectivity index (χ4v) is 4.95. The standard InChI is InChI=1S/C25H28N4O4S/c1-5-29-23-20(25(30)28(4)21-8-7-12-26-24(21)29)15-18(16-27-23)11-13-33-22-10-9-19(14-17(22)3)34(31,32)6-2/h7-10,12,14-16H,5-6,11,13H2,1-4H3. The van der Waals surface area contributed by atoms with Gasteiger partial charge in [-0.15, -0.1) is 0 Å². The normalized spacial score (nSPS) is 13.4. The molecule has 0 fully saturated rings. The van der Waals surface area contributed by atoms with Crippen molar-refractivity contribution in [1.29, 1.82) is 0 Å². The van der Waals surface area contributed by atoms with Gasteiger partial charge < -0.3 is 14.5 Å². The predicted octanol–water partition coefficient (Wildman–Crippen LogP) is 3.95. The second kappa shape index (κ2) is 9.42. The van der Waals surface area contributed by atoms with Crippen LogP contribution in [-0.4, -0.2) is 50.2 Å². The molecular formula is C25H28N4O4S. The zero-order valence-corrected chi connectivity index (χ0v) is 20.6. The van der Waals surface area contributed by atoms with E-state index in [1.165, 1.54) is 0 Å². The molecule has 3 aromatic rings. The maximum atomic E-state index is 13.2. The molecule has 0 radical (unpaired) electrons. The number of hydrogen-bond donors (Lipinski definition) is 0. The van der Waals surface area contributed by atoms with Crippen LogP contribution in [0.15, 0.2) is 53.7 Å². The number of amides is 1. The van der Waals surface area contributed by atoms with Gasteiger partial charge in [0.25, 0.3) is 5.91 Å². The molecule has 0 atom stereocenters. The first-order valence-corrected chi connectivity index (χ1v) is 12.9. The van der Waals surface area contributed by atoms with Gasteiger partial charge in [-0.2, -0.15) is 0 Å². The maximum absolute atomic E-state index is 13.2. The summed E-state index contributed by atoms with van der Waals surface area (Å²) < 4.78 is 30.1. The molecule has 9 heteroatoms. The molecule has 4 rings (SSSR count). The summed E-state index contributed by atoms with van der Waals surface area (Å²) in [5.41, 5.74) is 2.89. The minimum atomic E-state index is -3.26. The number of aryl methyl sites for hydroxylation is 1. The van der Waals surface area contributed by atoms with Crippen molar-refractivity contribution in [2.24, 2.45) is 0 Å². The molecular weight excluding hydrogens is 452 g/mol. The number of rotatable bonds is 7. The summed E-state index contributed by atoms with van der Waals surface area (Å²) in [6.07, 6.45) is 4.02. The van der Waals surface area contributed by atoms with Crippen LogP contribution in [0.4, 0.5) is 17.3 Å². The Kier molecular flexibility index (Phi) is 6.56. The SMILES string of the molecule is CCN1c2ncc(CCOc3ccc(S(=O)(=O)CC)cc3C)cc2C(=O)N(C)c2cccnc21. The van der Waals surface area contributed by atoms with Crippen LogP contribution in [0.5, 0.6) is 5.75 Å².